The number of carbonyl (C=O) groups is 1. The Hall–Kier alpha value is -2.16. The van der Waals surface area contributed by atoms with Gasteiger partial charge in [-0.3, -0.25) is 9.78 Å². The minimum atomic E-state index is 0.146. The lowest BCUT2D eigenvalue weighted by atomic mass is 9.94. The highest BCUT2D eigenvalue weighted by molar-refractivity contribution is 5.83. The van der Waals surface area contributed by atoms with E-state index in [2.05, 4.69) is 46.7 Å². The highest BCUT2D eigenvalue weighted by Crippen LogP contribution is 2.47. The average molecular weight is 320 g/mol. The fraction of sp³-hybridized carbons (Fsp3) is 0.429. The van der Waals surface area contributed by atoms with E-state index >= 15 is 0 Å². The maximum atomic E-state index is 12.6. The first-order valence-corrected chi connectivity index (χ1v) is 9.05. The van der Waals surface area contributed by atoms with Gasteiger partial charge in [-0.1, -0.05) is 42.8 Å². The van der Waals surface area contributed by atoms with Crippen molar-refractivity contribution in [2.75, 3.05) is 0 Å². The second kappa shape index (κ2) is 6.76. The second-order valence-electron chi connectivity index (χ2n) is 7.23. The molecular weight excluding hydrogens is 296 g/mol. The summed E-state index contributed by atoms with van der Waals surface area (Å²) in [5.41, 5.74) is 2.58. The summed E-state index contributed by atoms with van der Waals surface area (Å²) in [6.45, 7) is 0. The van der Waals surface area contributed by atoms with Crippen molar-refractivity contribution in [1.82, 2.24) is 10.3 Å². The fourth-order valence-corrected chi connectivity index (χ4v) is 4.13. The van der Waals surface area contributed by atoms with Crippen molar-refractivity contribution in [3.8, 4) is 0 Å². The molecule has 1 heterocycles. The SMILES string of the molecule is O=C(N[C@@H]1CCC[C@@H]1Cc1ccccc1)[C@H]1C[C@@H]1c1cccnc1. The molecule has 3 heteroatoms. The third kappa shape index (κ3) is 3.35. The molecule has 4 atom stereocenters. The van der Waals surface area contributed by atoms with Crippen molar-refractivity contribution >= 4 is 5.91 Å². The van der Waals surface area contributed by atoms with Gasteiger partial charge in [-0.05, 0) is 54.7 Å². The van der Waals surface area contributed by atoms with Crippen LogP contribution in [0.5, 0.6) is 0 Å². The van der Waals surface area contributed by atoms with E-state index in [0.717, 1.165) is 19.3 Å². The molecule has 124 valence electrons. The molecule has 1 amide bonds. The van der Waals surface area contributed by atoms with Gasteiger partial charge in [0.2, 0.25) is 5.91 Å². The van der Waals surface area contributed by atoms with Crippen LogP contribution in [0.25, 0.3) is 0 Å². The van der Waals surface area contributed by atoms with E-state index in [1.807, 2.05) is 12.3 Å². The van der Waals surface area contributed by atoms with E-state index in [4.69, 9.17) is 0 Å². The number of hydrogen-bond acceptors (Lipinski definition) is 2. The molecule has 2 fully saturated rings. The van der Waals surface area contributed by atoms with Crippen LogP contribution in [0.3, 0.4) is 0 Å². The first-order valence-electron chi connectivity index (χ1n) is 9.05. The molecule has 2 saturated carbocycles. The standard InChI is InChI=1S/C21H24N2O/c24-21(19-13-18(19)17-9-5-11-22-14-17)23-20-10-4-8-16(20)12-15-6-2-1-3-7-15/h1-3,5-7,9,11,14,16,18-20H,4,8,10,12-13H2,(H,23,24)/t16-,18-,19+,20-/m1/s1. The third-order valence-corrected chi connectivity index (χ3v) is 5.57. The van der Waals surface area contributed by atoms with Crippen LogP contribution in [0, 0.1) is 11.8 Å². The van der Waals surface area contributed by atoms with E-state index in [9.17, 15) is 4.79 Å². The predicted octanol–water partition coefficient (Wildman–Crippen LogP) is 3.71. The van der Waals surface area contributed by atoms with Crippen molar-refractivity contribution in [3.05, 3.63) is 66.0 Å². The highest BCUT2D eigenvalue weighted by atomic mass is 16.2. The third-order valence-electron chi connectivity index (χ3n) is 5.57. The lowest BCUT2D eigenvalue weighted by molar-refractivity contribution is -0.123. The lowest BCUT2D eigenvalue weighted by Gasteiger charge is -2.21. The van der Waals surface area contributed by atoms with Crippen LogP contribution in [0.2, 0.25) is 0 Å². The minimum absolute atomic E-state index is 0.146. The van der Waals surface area contributed by atoms with Crippen molar-refractivity contribution in [2.24, 2.45) is 11.8 Å². The summed E-state index contributed by atoms with van der Waals surface area (Å²) in [5.74, 6) is 1.33. The van der Waals surface area contributed by atoms with Gasteiger partial charge in [0.1, 0.15) is 0 Å². The van der Waals surface area contributed by atoms with Gasteiger partial charge in [0.25, 0.3) is 0 Å². The Morgan fingerprint density at radius 1 is 1.12 bits per heavy atom. The molecule has 2 aromatic rings. The molecule has 1 N–H and O–H groups in total. The van der Waals surface area contributed by atoms with Gasteiger partial charge < -0.3 is 5.32 Å². The normalized spacial score (nSPS) is 28.5. The Kier molecular flexibility index (Phi) is 4.33. The number of rotatable bonds is 5. The molecule has 1 aromatic carbocycles. The summed E-state index contributed by atoms with van der Waals surface area (Å²) in [7, 11) is 0. The molecule has 1 aromatic heterocycles. The molecular formula is C21H24N2O. The first-order chi connectivity index (χ1) is 11.8. The van der Waals surface area contributed by atoms with Crippen LogP contribution < -0.4 is 5.32 Å². The molecule has 24 heavy (non-hydrogen) atoms. The maximum absolute atomic E-state index is 12.6. The highest BCUT2D eigenvalue weighted by Gasteiger charge is 2.45. The van der Waals surface area contributed by atoms with E-state index in [-0.39, 0.29) is 11.8 Å². The quantitative estimate of drug-likeness (QED) is 0.912. The number of amides is 1. The molecule has 0 saturated heterocycles. The summed E-state index contributed by atoms with van der Waals surface area (Å²) in [6.07, 6.45) is 9.28. The van der Waals surface area contributed by atoms with Crippen LogP contribution in [0.1, 0.15) is 42.7 Å². The molecule has 3 nitrogen and oxygen atoms in total. The molecule has 0 bridgehead atoms. The van der Waals surface area contributed by atoms with Crippen LogP contribution in [-0.2, 0) is 11.2 Å². The van der Waals surface area contributed by atoms with Gasteiger partial charge in [0.05, 0.1) is 0 Å². The van der Waals surface area contributed by atoms with Crippen molar-refractivity contribution in [3.63, 3.8) is 0 Å². The predicted molar refractivity (Wildman–Crippen MR) is 94.5 cm³/mol. The number of hydrogen-bond donors (Lipinski definition) is 1. The Morgan fingerprint density at radius 3 is 2.79 bits per heavy atom. The van der Waals surface area contributed by atoms with Crippen molar-refractivity contribution in [1.29, 1.82) is 0 Å². The Morgan fingerprint density at radius 2 is 2.00 bits per heavy atom. The maximum Gasteiger partial charge on any atom is 0.223 e. The number of nitrogens with one attached hydrogen (secondary N) is 1. The van der Waals surface area contributed by atoms with Gasteiger partial charge in [-0.25, -0.2) is 0 Å². The zero-order valence-electron chi connectivity index (χ0n) is 13.9. The van der Waals surface area contributed by atoms with E-state index < -0.39 is 0 Å². The molecule has 4 rings (SSSR count). The van der Waals surface area contributed by atoms with E-state index in [1.165, 1.54) is 24.0 Å². The first kappa shape index (κ1) is 15.4. The monoisotopic (exact) mass is 320 g/mol. The summed E-state index contributed by atoms with van der Waals surface area (Å²) >= 11 is 0. The zero-order chi connectivity index (χ0) is 16.4. The fourth-order valence-electron chi connectivity index (χ4n) is 4.13. The Labute approximate surface area is 143 Å². The molecule has 2 aliphatic carbocycles. The van der Waals surface area contributed by atoms with E-state index in [1.54, 1.807) is 6.20 Å². The van der Waals surface area contributed by atoms with Gasteiger partial charge in [-0.2, -0.15) is 0 Å². The number of nitrogens with zero attached hydrogens (tertiary/aromatic N) is 1. The number of pyridine rings is 1. The minimum Gasteiger partial charge on any atom is -0.353 e. The van der Waals surface area contributed by atoms with Crippen molar-refractivity contribution < 1.29 is 4.79 Å². The smallest absolute Gasteiger partial charge is 0.223 e. The molecule has 0 unspecified atom stereocenters. The van der Waals surface area contributed by atoms with E-state index in [0.29, 0.717) is 17.9 Å². The zero-order valence-corrected chi connectivity index (χ0v) is 13.9. The van der Waals surface area contributed by atoms with Crippen LogP contribution in [-0.4, -0.2) is 16.9 Å². The van der Waals surface area contributed by atoms with Crippen LogP contribution >= 0.6 is 0 Å². The van der Waals surface area contributed by atoms with Gasteiger partial charge in [0.15, 0.2) is 0 Å². The van der Waals surface area contributed by atoms with Gasteiger partial charge in [-0.15, -0.1) is 0 Å². The van der Waals surface area contributed by atoms with Crippen molar-refractivity contribution in [2.45, 2.75) is 44.1 Å². The number of benzene rings is 1. The Bertz CT molecular complexity index is 685. The molecule has 0 radical (unpaired) electrons. The second-order valence-corrected chi connectivity index (χ2v) is 7.23. The topological polar surface area (TPSA) is 42.0 Å². The molecule has 2 aliphatic rings. The molecule has 0 aliphatic heterocycles. The lowest BCUT2D eigenvalue weighted by Crippen LogP contribution is -2.39. The molecule has 0 spiro atoms. The summed E-state index contributed by atoms with van der Waals surface area (Å²) < 4.78 is 0. The number of aromatic nitrogens is 1. The number of carbonyl (C=O) groups excluding carboxylic acids is 1. The summed E-state index contributed by atoms with van der Waals surface area (Å²) in [5, 5.41) is 3.35. The van der Waals surface area contributed by atoms with Gasteiger partial charge >= 0.3 is 0 Å². The van der Waals surface area contributed by atoms with Crippen LogP contribution in [0.4, 0.5) is 0 Å². The Balaban J connectivity index is 1.34. The van der Waals surface area contributed by atoms with Gasteiger partial charge in [0, 0.05) is 24.4 Å². The summed E-state index contributed by atoms with van der Waals surface area (Å²) in [6, 6.07) is 15.0. The summed E-state index contributed by atoms with van der Waals surface area (Å²) in [4.78, 5) is 16.8. The average Bonchev–Trinajstić information content (AvgIpc) is 3.33. The van der Waals surface area contributed by atoms with Crippen LogP contribution in [0.15, 0.2) is 54.9 Å². The largest absolute Gasteiger partial charge is 0.353 e.